The summed E-state index contributed by atoms with van der Waals surface area (Å²) >= 11 is 0. The minimum atomic E-state index is -3.80. The van der Waals surface area contributed by atoms with E-state index >= 15 is 0 Å². The minimum Gasteiger partial charge on any atom is -0.480 e. The van der Waals surface area contributed by atoms with E-state index in [1.165, 1.54) is 26.7 Å². The first-order valence-corrected chi connectivity index (χ1v) is 8.39. The monoisotopic (exact) mass is 300 g/mol. The highest BCUT2D eigenvalue weighted by atomic mass is 32.2. The van der Waals surface area contributed by atoms with Crippen LogP contribution < -0.4 is 0 Å². The summed E-state index contributed by atoms with van der Waals surface area (Å²) in [4.78, 5) is 11.1. The molecular formula is C13H20N2O4S. The van der Waals surface area contributed by atoms with Crippen LogP contribution in [0.15, 0.2) is 12.3 Å². The Morgan fingerprint density at radius 1 is 1.45 bits per heavy atom. The molecule has 6 nitrogen and oxygen atoms in total. The molecule has 112 valence electrons. The number of hydrogen-bond donors (Lipinski definition) is 1. The summed E-state index contributed by atoms with van der Waals surface area (Å²) in [6.07, 6.45) is 6.26. The highest BCUT2D eigenvalue weighted by Gasteiger charge is 2.42. The third kappa shape index (κ3) is 2.72. The Kier molecular flexibility index (Phi) is 3.90. The van der Waals surface area contributed by atoms with E-state index in [-0.39, 0.29) is 5.75 Å². The van der Waals surface area contributed by atoms with Gasteiger partial charge in [-0.1, -0.05) is 12.8 Å². The van der Waals surface area contributed by atoms with Crippen LogP contribution in [-0.2, 0) is 20.4 Å². The molecule has 1 N–H and O–H groups in total. The molecule has 2 rings (SSSR count). The van der Waals surface area contributed by atoms with Gasteiger partial charge in [0.1, 0.15) is 0 Å². The molecule has 0 atom stereocenters. The predicted molar refractivity (Wildman–Crippen MR) is 74.1 cm³/mol. The van der Waals surface area contributed by atoms with Gasteiger partial charge in [-0.05, 0) is 32.8 Å². The van der Waals surface area contributed by atoms with Gasteiger partial charge in [-0.2, -0.15) is 5.10 Å². The SMILES string of the molecule is CC(C)(C(=O)O)S(=O)(=O)Cc1ccn(C2CCCC2)n1. The first kappa shape index (κ1) is 15.0. The van der Waals surface area contributed by atoms with Gasteiger partial charge in [-0.3, -0.25) is 9.48 Å². The van der Waals surface area contributed by atoms with Crippen molar-refractivity contribution in [3.63, 3.8) is 0 Å². The molecule has 0 unspecified atom stereocenters. The topological polar surface area (TPSA) is 89.3 Å². The van der Waals surface area contributed by atoms with Gasteiger partial charge in [0.2, 0.25) is 0 Å². The van der Waals surface area contributed by atoms with E-state index in [1.54, 1.807) is 12.3 Å². The molecule has 1 fully saturated rings. The fourth-order valence-corrected chi connectivity index (χ4v) is 3.50. The Bertz CT molecular complexity index is 598. The number of carboxylic acids is 1. The van der Waals surface area contributed by atoms with E-state index < -0.39 is 20.6 Å². The molecule has 7 heteroatoms. The number of carboxylic acid groups (broad SMARTS) is 1. The zero-order valence-corrected chi connectivity index (χ0v) is 12.6. The third-order valence-corrected chi connectivity index (χ3v) is 6.40. The first-order chi connectivity index (χ1) is 9.24. The zero-order chi connectivity index (χ0) is 15.0. The standard InChI is InChI=1S/C13H20N2O4S/c1-13(2,12(16)17)20(18,19)9-10-7-8-15(14-10)11-5-3-4-6-11/h7-8,11H,3-6,9H2,1-2H3,(H,16,17). The highest BCUT2D eigenvalue weighted by Crippen LogP contribution is 2.29. The van der Waals surface area contributed by atoms with Crippen molar-refractivity contribution in [3.05, 3.63) is 18.0 Å². The van der Waals surface area contributed by atoms with E-state index in [0.717, 1.165) is 12.8 Å². The van der Waals surface area contributed by atoms with Crippen LogP contribution in [0.4, 0.5) is 0 Å². The quantitative estimate of drug-likeness (QED) is 0.895. The molecule has 0 bridgehead atoms. The summed E-state index contributed by atoms with van der Waals surface area (Å²) in [6, 6.07) is 2.01. The van der Waals surface area contributed by atoms with Crippen LogP contribution in [0.5, 0.6) is 0 Å². The maximum absolute atomic E-state index is 12.2. The van der Waals surface area contributed by atoms with E-state index in [0.29, 0.717) is 11.7 Å². The zero-order valence-electron chi connectivity index (χ0n) is 11.7. The average molecular weight is 300 g/mol. The number of aromatic nitrogens is 2. The normalized spacial score (nSPS) is 17.5. The van der Waals surface area contributed by atoms with Crippen molar-refractivity contribution < 1.29 is 18.3 Å². The molecule has 1 aliphatic rings. The lowest BCUT2D eigenvalue weighted by Gasteiger charge is -2.18. The third-order valence-electron chi connectivity index (χ3n) is 3.99. The Labute approximate surface area is 118 Å². The Balaban J connectivity index is 2.16. The second-order valence-electron chi connectivity index (χ2n) is 5.80. The molecule has 0 spiro atoms. The fourth-order valence-electron chi connectivity index (χ4n) is 2.33. The number of nitrogens with zero attached hydrogens (tertiary/aromatic N) is 2. The molecule has 0 radical (unpaired) electrons. The second kappa shape index (κ2) is 5.20. The largest absolute Gasteiger partial charge is 0.480 e. The van der Waals surface area contributed by atoms with Gasteiger partial charge in [0, 0.05) is 6.20 Å². The van der Waals surface area contributed by atoms with Crippen LogP contribution in [0.2, 0.25) is 0 Å². The average Bonchev–Trinajstić information content (AvgIpc) is 2.97. The van der Waals surface area contributed by atoms with Crippen LogP contribution in [0.25, 0.3) is 0 Å². The van der Waals surface area contributed by atoms with Crippen molar-refractivity contribution in [1.29, 1.82) is 0 Å². The number of hydrogen-bond acceptors (Lipinski definition) is 4. The van der Waals surface area contributed by atoms with Crippen LogP contribution in [0.1, 0.15) is 51.3 Å². The van der Waals surface area contributed by atoms with Crippen molar-refractivity contribution in [2.45, 2.75) is 56.1 Å². The smallest absolute Gasteiger partial charge is 0.324 e. The molecule has 1 heterocycles. The lowest BCUT2D eigenvalue weighted by molar-refractivity contribution is -0.139. The van der Waals surface area contributed by atoms with E-state index in [9.17, 15) is 13.2 Å². The lowest BCUT2D eigenvalue weighted by Crippen LogP contribution is -2.41. The van der Waals surface area contributed by atoms with E-state index in [2.05, 4.69) is 5.10 Å². The number of aliphatic carboxylic acids is 1. The van der Waals surface area contributed by atoms with Gasteiger partial charge >= 0.3 is 5.97 Å². The van der Waals surface area contributed by atoms with Crippen molar-refractivity contribution in [3.8, 4) is 0 Å². The Morgan fingerprint density at radius 3 is 2.60 bits per heavy atom. The number of rotatable bonds is 5. The van der Waals surface area contributed by atoms with Gasteiger partial charge in [0.05, 0.1) is 17.5 Å². The summed E-state index contributed by atoms with van der Waals surface area (Å²) in [6.45, 7) is 2.41. The maximum atomic E-state index is 12.2. The second-order valence-corrected chi connectivity index (χ2v) is 8.34. The molecule has 0 aliphatic heterocycles. The van der Waals surface area contributed by atoms with Crippen LogP contribution in [-0.4, -0.2) is 34.0 Å². The van der Waals surface area contributed by atoms with Crippen molar-refractivity contribution in [1.82, 2.24) is 9.78 Å². The summed E-state index contributed by atoms with van der Waals surface area (Å²) in [5.74, 6) is -1.68. The van der Waals surface area contributed by atoms with Gasteiger partial charge in [-0.25, -0.2) is 8.42 Å². The number of sulfone groups is 1. The minimum absolute atomic E-state index is 0.341. The molecule has 1 saturated carbocycles. The summed E-state index contributed by atoms with van der Waals surface area (Å²) in [7, 11) is -3.80. The van der Waals surface area contributed by atoms with Crippen molar-refractivity contribution >= 4 is 15.8 Å². The Hall–Kier alpha value is -1.37. The molecule has 20 heavy (non-hydrogen) atoms. The van der Waals surface area contributed by atoms with Crippen LogP contribution in [0.3, 0.4) is 0 Å². The first-order valence-electron chi connectivity index (χ1n) is 6.74. The molecular weight excluding hydrogens is 280 g/mol. The van der Waals surface area contributed by atoms with Crippen molar-refractivity contribution in [2.24, 2.45) is 0 Å². The summed E-state index contributed by atoms with van der Waals surface area (Å²) in [5.41, 5.74) is 0.409. The molecule has 0 amide bonds. The molecule has 0 saturated heterocycles. The van der Waals surface area contributed by atoms with Gasteiger partial charge in [0.15, 0.2) is 14.6 Å². The predicted octanol–water partition coefficient (Wildman–Crippen LogP) is 1.78. The van der Waals surface area contributed by atoms with E-state index in [1.807, 2.05) is 4.68 Å². The number of carbonyl (C=O) groups is 1. The molecule has 1 aromatic rings. The van der Waals surface area contributed by atoms with Crippen LogP contribution >= 0.6 is 0 Å². The highest BCUT2D eigenvalue weighted by molar-refractivity contribution is 7.92. The van der Waals surface area contributed by atoms with Gasteiger partial charge in [0.25, 0.3) is 0 Å². The molecule has 1 aliphatic carbocycles. The molecule has 0 aromatic carbocycles. The summed E-state index contributed by atoms with van der Waals surface area (Å²) in [5, 5.41) is 13.3. The maximum Gasteiger partial charge on any atom is 0.324 e. The fraction of sp³-hybridized carbons (Fsp3) is 0.692. The van der Waals surface area contributed by atoms with Gasteiger partial charge in [-0.15, -0.1) is 0 Å². The van der Waals surface area contributed by atoms with Gasteiger partial charge < -0.3 is 5.11 Å². The van der Waals surface area contributed by atoms with Crippen molar-refractivity contribution in [2.75, 3.05) is 0 Å². The van der Waals surface area contributed by atoms with E-state index in [4.69, 9.17) is 5.11 Å². The lowest BCUT2D eigenvalue weighted by atomic mass is 10.2. The Morgan fingerprint density at radius 2 is 2.05 bits per heavy atom. The molecule has 1 aromatic heterocycles. The van der Waals surface area contributed by atoms with Crippen LogP contribution in [0, 0.1) is 0 Å². The summed E-state index contributed by atoms with van der Waals surface area (Å²) < 4.78 is 24.3.